The van der Waals surface area contributed by atoms with Crippen LogP contribution in [-0.2, 0) is 4.74 Å². The van der Waals surface area contributed by atoms with Gasteiger partial charge in [-0.05, 0) is 41.6 Å². The molecule has 0 radical (unpaired) electrons. The highest BCUT2D eigenvalue weighted by Gasteiger charge is 2.23. The van der Waals surface area contributed by atoms with E-state index >= 15 is 0 Å². The number of nitrogens with zero attached hydrogens (tertiary/aromatic N) is 1. The van der Waals surface area contributed by atoms with Crippen molar-refractivity contribution >= 4 is 28.5 Å². The van der Waals surface area contributed by atoms with E-state index < -0.39 is 0 Å². The Morgan fingerprint density at radius 1 is 1.50 bits per heavy atom. The van der Waals surface area contributed by atoms with E-state index in [1.54, 1.807) is 0 Å². The van der Waals surface area contributed by atoms with Crippen molar-refractivity contribution in [3.63, 3.8) is 0 Å². The molecular formula is C12H14INO2. The predicted octanol–water partition coefficient (Wildman–Crippen LogP) is 2.15. The number of morpholine rings is 1. The zero-order valence-corrected chi connectivity index (χ0v) is 11.3. The summed E-state index contributed by atoms with van der Waals surface area (Å²) in [6.45, 7) is 4.00. The van der Waals surface area contributed by atoms with Crippen LogP contribution in [-0.4, -0.2) is 36.6 Å². The van der Waals surface area contributed by atoms with Gasteiger partial charge in [0.15, 0.2) is 0 Å². The molecule has 0 bridgehead atoms. The third-order valence-electron chi connectivity index (χ3n) is 2.63. The summed E-state index contributed by atoms with van der Waals surface area (Å²) in [5.41, 5.74) is 0.789. The van der Waals surface area contributed by atoms with Crippen molar-refractivity contribution in [1.82, 2.24) is 4.90 Å². The van der Waals surface area contributed by atoms with Crippen molar-refractivity contribution in [3.8, 4) is 0 Å². The lowest BCUT2D eigenvalue weighted by molar-refractivity contribution is -0.0124. The van der Waals surface area contributed by atoms with Gasteiger partial charge in [0.1, 0.15) is 0 Å². The number of carbonyl (C=O) groups excluding carboxylic acids is 1. The van der Waals surface area contributed by atoms with E-state index in [1.165, 1.54) is 0 Å². The summed E-state index contributed by atoms with van der Waals surface area (Å²) in [4.78, 5) is 14.1. The molecule has 0 spiro atoms. The van der Waals surface area contributed by atoms with Crippen LogP contribution in [0.5, 0.6) is 0 Å². The number of halogens is 1. The Balaban J connectivity index is 2.16. The zero-order valence-electron chi connectivity index (χ0n) is 9.15. The highest BCUT2D eigenvalue weighted by molar-refractivity contribution is 14.1. The van der Waals surface area contributed by atoms with Gasteiger partial charge in [0.25, 0.3) is 5.91 Å². The molecule has 1 amide bonds. The molecule has 1 atom stereocenters. The van der Waals surface area contributed by atoms with Crippen molar-refractivity contribution in [3.05, 3.63) is 33.4 Å². The number of amides is 1. The van der Waals surface area contributed by atoms with Crippen LogP contribution >= 0.6 is 22.6 Å². The molecule has 4 heteroatoms. The molecule has 86 valence electrons. The Morgan fingerprint density at radius 2 is 2.25 bits per heavy atom. The smallest absolute Gasteiger partial charge is 0.255 e. The maximum atomic E-state index is 12.2. The minimum absolute atomic E-state index is 0.111. The van der Waals surface area contributed by atoms with Crippen LogP contribution in [0.15, 0.2) is 24.3 Å². The summed E-state index contributed by atoms with van der Waals surface area (Å²) < 4.78 is 6.43. The molecule has 2 rings (SSSR count). The first-order valence-electron chi connectivity index (χ1n) is 5.34. The van der Waals surface area contributed by atoms with Crippen LogP contribution in [0.2, 0.25) is 0 Å². The fourth-order valence-electron chi connectivity index (χ4n) is 1.81. The molecule has 1 aliphatic rings. The van der Waals surface area contributed by atoms with E-state index in [1.807, 2.05) is 36.1 Å². The van der Waals surface area contributed by atoms with Crippen molar-refractivity contribution in [2.75, 3.05) is 19.7 Å². The zero-order chi connectivity index (χ0) is 11.5. The average Bonchev–Trinajstić information content (AvgIpc) is 2.29. The lowest BCUT2D eigenvalue weighted by Crippen LogP contribution is -2.44. The summed E-state index contributed by atoms with van der Waals surface area (Å²) in [5.74, 6) is 0.111. The Bertz CT molecular complexity index is 394. The van der Waals surface area contributed by atoms with Gasteiger partial charge in [-0.3, -0.25) is 4.79 Å². The fraction of sp³-hybridized carbons (Fsp3) is 0.417. The van der Waals surface area contributed by atoms with Gasteiger partial charge in [-0.15, -0.1) is 0 Å². The molecule has 1 unspecified atom stereocenters. The van der Waals surface area contributed by atoms with E-state index in [2.05, 4.69) is 22.6 Å². The van der Waals surface area contributed by atoms with E-state index in [0.29, 0.717) is 19.7 Å². The minimum Gasteiger partial charge on any atom is -0.375 e. The summed E-state index contributed by atoms with van der Waals surface area (Å²) in [5, 5.41) is 0. The van der Waals surface area contributed by atoms with Crippen LogP contribution in [0.3, 0.4) is 0 Å². The van der Waals surface area contributed by atoms with Crippen LogP contribution in [0.1, 0.15) is 17.3 Å². The molecule has 16 heavy (non-hydrogen) atoms. The molecule has 1 aromatic rings. The second kappa shape index (κ2) is 5.14. The molecule has 1 saturated heterocycles. The molecular weight excluding hydrogens is 317 g/mol. The molecule has 0 aliphatic carbocycles. The first kappa shape index (κ1) is 11.9. The number of rotatable bonds is 1. The first-order valence-corrected chi connectivity index (χ1v) is 6.42. The van der Waals surface area contributed by atoms with E-state index in [-0.39, 0.29) is 12.0 Å². The Kier molecular flexibility index (Phi) is 3.81. The van der Waals surface area contributed by atoms with Gasteiger partial charge in [-0.1, -0.05) is 12.1 Å². The molecule has 0 saturated carbocycles. The van der Waals surface area contributed by atoms with Crippen molar-refractivity contribution in [1.29, 1.82) is 0 Å². The van der Waals surface area contributed by atoms with Gasteiger partial charge in [0.05, 0.1) is 18.3 Å². The van der Waals surface area contributed by atoms with Gasteiger partial charge in [0, 0.05) is 16.7 Å². The summed E-state index contributed by atoms with van der Waals surface area (Å²) in [6.07, 6.45) is 0.138. The van der Waals surface area contributed by atoms with Crippen LogP contribution in [0.25, 0.3) is 0 Å². The molecule has 1 aliphatic heterocycles. The first-order chi connectivity index (χ1) is 7.68. The maximum absolute atomic E-state index is 12.2. The van der Waals surface area contributed by atoms with Crippen LogP contribution in [0, 0.1) is 3.57 Å². The summed E-state index contributed by atoms with van der Waals surface area (Å²) in [7, 11) is 0. The number of hydrogen-bond acceptors (Lipinski definition) is 2. The molecule has 0 N–H and O–H groups in total. The maximum Gasteiger partial charge on any atom is 0.255 e. The topological polar surface area (TPSA) is 29.5 Å². The second-order valence-electron chi connectivity index (χ2n) is 3.91. The molecule has 1 fully saturated rings. The monoisotopic (exact) mass is 331 g/mol. The highest BCUT2D eigenvalue weighted by Crippen LogP contribution is 2.16. The fourth-order valence-corrected chi connectivity index (χ4v) is 2.43. The SMILES string of the molecule is CC1CN(C(=O)c2ccccc2I)CCO1. The van der Waals surface area contributed by atoms with Crippen LogP contribution < -0.4 is 0 Å². The van der Waals surface area contributed by atoms with E-state index in [9.17, 15) is 4.79 Å². The van der Waals surface area contributed by atoms with Gasteiger partial charge in [-0.25, -0.2) is 0 Å². The van der Waals surface area contributed by atoms with Gasteiger partial charge >= 0.3 is 0 Å². The Labute approximate surface area is 109 Å². The van der Waals surface area contributed by atoms with Crippen LogP contribution in [0.4, 0.5) is 0 Å². The summed E-state index contributed by atoms with van der Waals surface area (Å²) >= 11 is 2.20. The second-order valence-corrected chi connectivity index (χ2v) is 5.07. The van der Waals surface area contributed by atoms with Gasteiger partial charge in [-0.2, -0.15) is 0 Å². The lowest BCUT2D eigenvalue weighted by Gasteiger charge is -2.31. The van der Waals surface area contributed by atoms with Crippen molar-refractivity contribution in [2.24, 2.45) is 0 Å². The number of ether oxygens (including phenoxy) is 1. The van der Waals surface area contributed by atoms with Crippen molar-refractivity contribution in [2.45, 2.75) is 13.0 Å². The Hall–Kier alpha value is -0.620. The van der Waals surface area contributed by atoms with Gasteiger partial charge in [0.2, 0.25) is 0 Å². The number of benzene rings is 1. The quantitative estimate of drug-likeness (QED) is 0.738. The third kappa shape index (κ3) is 2.55. The van der Waals surface area contributed by atoms with E-state index in [0.717, 1.165) is 9.13 Å². The normalized spacial score (nSPS) is 20.9. The third-order valence-corrected chi connectivity index (χ3v) is 3.57. The lowest BCUT2D eigenvalue weighted by atomic mass is 10.2. The predicted molar refractivity (Wildman–Crippen MR) is 70.5 cm³/mol. The average molecular weight is 331 g/mol. The van der Waals surface area contributed by atoms with Crippen molar-refractivity contribution < 1.29 is 9.53 Å². The number of carbonyl (C=O) groups is 1. The molecule has 0 aromatic heterocycles. The standard InChI is InChI=1S/C12H14INO2/c1-9-8-14(6-7-16-9)12(15)10-4-2-3-5-11(10)13/h2-5,9H,6-8H2,1H3. The summed E-state index contributed by atoms with van der Waals surface area (Å²) in [6, 6.07) is 7.68. The molecule has 1 heterocycles. The Morgan fingerprint density at radius 3 is 2.94 bits per heavy atom. The van der Waals surface area contributed by atoms with Gasteiger partial charge < -0.3 is 9.64 Å². The molecule has 1 aromatic carbocycles. The number of hydrogen-bond donors (Lipinski definition) is 0. The molecule has 3 nitrogen and oxygen atoms in total. The minimum atomic E-state index is 0.111. The largest absolute Gasteiger partial charge is 0.375 e. The van der Waals surface area contributed by atoms with E-state index in [4.69, 9.17) is 4.74 Å². The highest BCUT2D eigenvalue weighted by atomic mass is 127.